The van der Waals surface area contributed by atoms with E-state index in [0.29, 0.717) is 11.1 Å². The largest absolute Gasteiger partial charge is 0.507 e. The number of carbonyl (C=O) groups excluding carboxylic acids is 2. The molecule has 15 atom stereocenters. The van der Waals surface area contributed by atoms with Gasteiger partial charge in [-0.3, -0.25) is 0 Å². The van der Waals surface area contributed by atoms with Gasteiger partial charge >= 0.3 is 23.3 Å². The fraction of sp³-hybridized carbons (Fsp3) is 0.377. The molecule has 81 heavy (non-hydrogen) atoms. The van der Waals surface area contributed by atoms with Crippen LogP contribution < -0.4 is 18.9 Å². The average molecular weight is 1140 g/mol. The van der Waals surface area contributed by atoms with Crippen molar-refractivity contribution in [3.63, 3.8) is 0 Å². The third kappa shape index (κ3) is 13.2. The fourth-order valence-electron chi connectivity index (χ4n) is 8.66. The molecule has 5 aromatic rings. The number of phenols is 6. The maximum atomic E-state index is 13.1. The van der Waals surface area contributed by atoms with Crippen LogP contribution in [0.4, 0.5) is 0 Å². The Labute approximate surface area is 457 Å². The monoisotopic (exact) mass is 1140 g/mol. The molecule has 4 heterocycles. The molecule has 3 fully saturated rings. The zero-order chi connectivity index (χ0) is 58.6. The highest BCUT2D eigenvalue weighted by Crippen LogP contribution is 2.46. The van der Waals surface area contributed by atoms with E-state index in [1.165, 1.54) is 62.8 Å². The SMILES string of the molecule is COc1cc(C=CC(=O)OCC2OC(OC3C(Oc4cc5c(OC6OC(CO)C(O)C(O)C6O)cc(O)cc5[o+]c4-c4cc(O)c(O)c(O)c4)OC(COC(=O)C=Cc4ccc(O)c(OC)c4)C(O)C3O)C(O)C(O)C2O)ccc1O. The first-order valence-corrected chi connectivity index (χ1v) is 24.4. The Bertz CT molecular complexity index is 3090. The molecule has 3 aliphatic heterocycles. The highest BCUT2D eigenvalue weighted by molar-refractivity contribution is 5.90. The first-order valence-electron chi connectivity index (χ1n) is 24.4. The molecule has 0 saturated carbocycles. The minimum atomic E-state index is -2.21. The Balaban J connectivity index is 1.14. The van der Waals surface area contributed by atoms with Crippen LogP contribution in [0.1, 0.15) is 11.1 Å². The van der Waals surface area contributed by atoms with Crippen LogP contribution >= 0.6 is 0 Å². The van der Waals surface area contributed by atoms with Crippen LogP contribution in [0.15, 0.2) is 83.3 Å². The molecule has 0 aliphatic carbocycles. The van der Waals surface area contributed by atoms with Crippen molar-refractivity contribution < 1.29 is 138 Å². The Morgan fingerprint density at radius 3 is 1.57 bits per heavy atom. The quantitative estimate of drug-likeness (QED) is 0.0224. The summed E-state index contributed by atoms with van der Waals surface area (Å²) >= 11 is 0. The number of esters is 2. The molecule has 4 aromatic carbocycles. The number of fused-ring (bicyclic) bond motifs is 1. The van der Waals surface area contributed by atoms with Gasteiger partial charge in [0.15, 0.2) is 52.6 Å². The van der Waals surface area contributed by atoms with Crippen molar-refractivity contribution in [2.75, 3.05) is 34.0 Å². The van der Waals surface area contributed by atoms with Crippen molar-refractivity contribution >= 4 is 35.1 Å². The van der Waals surface area contributed by atoms with Crippen LogP contribution in [0, 0.1) is 0 Å². The summed E-state index contributed by atoms with van der Waals surface area (Å²) in [5.74, 6) is -6.94. The van der Waals surface area contributed by atoms with Crippen molar-refractivity contribution in [3.05, 3.63) is 90.0 Å². The maximum Gasteiger partial charge on any atom is 0.402 e. The van der Waals surface area contributed by atoms with Crippen molar-refractivity contribution in [2.24, 2.45) is 0 Å². The van der Waals surface area contributed by atoms with E-state index in [1.54, 1.807) is 0 Å². The Morgan fingerprint density at radius 2 is 1.02 bits per heavy atom. The number of rotatable bonds is 18. The molecule has 28 nitrogen and oxygen atoms in total. The van der Waals surface area contributed by atoms with E-state index in [0.717, 1.165) is 42.5 Å². The molecule has 3 saturated heterocycles. The van der Waals surface area contributed by atoms with E-state index in [1.807, 2.05) is 0 Å². The summed E-state index contributed by atoms with van der Waals surface area (Å²) in [6.07, 6.45) is -24.7. The number of methoxy groups -OCH3 is 2. The van der Waals surface area contributed by atoms with Crippen LogP contribution in [0.5, 0.6) is 57.5 Å². The Hall–Kier alpha value is -7.81. The number of hydrogen-bond acceptors (Lipinski definition) is 27. The van der Waals surface area contributed by atoms with Gasteiger partial charge in [-0.2, -0.15) is 0 Å². The molecule has 3 aliphatic rings. The normalized spacial score (nSPS) is 28.7. The summed E-state index contributed by atoms with van der Waals surface area (Å²) in [6.45, 7) is -2.48. The zero-order valence-electron chi connectivity index (χ0n) is 42.5. The molecule has 0 spiro atoms. The summed E-state index contributed by atoms with van der Waals surface area (Å²) in [6, 6.07) is 13.3. The van der Waals surface area contributed by atoms with Crippen LogP contribution in [0.3, 0.4) is 0 Å². The average Bonchev–Trinajstić information content (AvgIpc) is 3.60. The van der Waals surface area contributed by atoms with Gasteiger partial charge in [0.2, 0.25) is 18.3 Å². The van der Waals surface area contributed by atoms with E-state index in [2.05, 4.69) is 0 Å². The molecule has 1 aromatic heterocycles. The molecular formula is C53H57O28+. The third-order valence-electron chi connectivity index (χ3n) is 13.1. The molecule has 28 heteroatoms. The summed E-state index contributed by atoms with van der Waals surface area (Å²) in [4.78, 5) is 25.9. The minimum absolute atomic E-state index is 0.0893. The zero-order valence-corrected chi connectivity index (χ0v) is 42.5. The lowest BCUT2D eigenvalue weighted by Gasteiger charge is -2.45. The van der Waals surface area contributed by atoms with Gasteiger partial charge in [0.25, 0.3) is 0 Å². The van der Waals surface area contributed by atoms with E-state index in [9.17, 15) is 86.2 Å². The minimum Gasteiger partial charge on any atom is -0.507 e. The van der Waals surface area contributed by atoms with Gasteiger partial charge in [0.1, 0.15) is 97.2 Å². The highest BCUT2D eigenvalue weighted by Gasteiger charge is 2.53. The predicted molar refractivity (Wildman–Crippen MR) is 269 cm³/mol. The van der Waals surface area contributed by atoms with E-state index < -0.39 is 164 Å². The number of benzene rings is 4. The summed E-state index contributed by atoms with van der Waals surface area (Å²) in [5, 5.41) is 160. The molecular weight excluding hydrogens is 1080 g/mol. The second-order valence-electron chi connectivity index (χ2n) is 18.5. The lowest BCUT2D eigenvalue weighted by molar-refractivity contribution is -0.358. The smallest absolute Gasteiger partial charge is 0.402 e. The number of aromatic hydroxyl groups is 6. The second-order valence-corrected chi connectivity index (χ2v) is 18.5. The van der Waals surface area contributed by atoms with Gasteiger partial charge < -0.3 is 124 Å². The molecule has 0 radical (unpaired) electrons. The fourth-order valence-corrected chi connectivity index (χ4v) is 8.66. The lowest BCUT2D eigenvalue weighted by atomic mass is 9.97. The van der Waals surface area contributed by atoms with Crippen LogP contribution in [0.2, 0.25) is 0 Å². The maximum absolute atomic E-state index is 13.1. The van der Waals surface area contributed by atoms with Crippen LogP contribution in [-0.4, -0.2) is 215 Å². The highest BCUT2D eigenvalue weighted by atomic mass is 16.8. The summed E-state index contributed by atoms with van der Waals surface area (Å²) in [5.41, 5.74) is 0.214. The van der Waals surface area contributed by atoms with Crippen molar-refractivity contribution in [3.8, 4) is 68.8 Å². The Kier molecular flexibility index (Phi) is 18.5. The molecule has 0 amide bonds. The van der Waals surface area contributed by atoms with Crippen LogP contribution in [0.25, 0.3) is 34.4 Å². The lowest BCUT2D eigenvalue weighted by Crippen LogP contribution is -2.65. The van der Waals surface area contributed by atoms with Gasteiger partial charge in [0, 0.05) is 36.4 Å². The van der Waals surface area contributed by atoms with Gasteiger partial charge in [-0.15, -0.1) is 0 Å². The van der Waals surface area contributed by atoms with Crippen molar-refractivity contribution in [1.82, 2.24) is 0 Å². The topological polar surface area (TPSA) is 441 Å². The standard InChI is InChI=1S/C53H56O28/c1-71-32-11-21(3-7-26(32)56)5-9-38(60)73-19-36-42(64)45(67)48(70)52(79-36)81-50-46(68)43(65)37(20-74-39(61)10-6-22-4-8-27(57)33(12-22)72-2)80-53(50)77-34-17-25-30(75-49(34)23-13-28(58)40(62)29(59)14-23)15-24(55)16-31(25)76-51-47(69)44(66)41(63)35(18-54)78-51/h3-17,35-37,41-48,50-54,63-70H,18-20H2,1-2H3,(H5-,55,56,57,58,59,60,61,62)/p+1. The van der Waals surface area contributed by atoms with Gasteiger partial charge in [-0.25, -0.2) is 14.0 Å². The van der Waals surface area contributed by atoms with Gasteiger partial charge in [-0.05, 0) is 47.5 Å². The number of hydrogen-bond donors (Lipinski definition) is 15. The summed E-state index contributed by atoms with van der Waals surface area (Å²) < 4.78 is 62.7. The van der Waals surface area contributed by atoms with Gasteiger partial charge in [0.05, 0.1) is 32.5 Å². The van der Waals surface area contributed by atoms with Crippen molar-refractivity contribution in [2.45, 2.75) is 92.1 Å². The third-order valence-corrected chi connectivity index (χ3v) is 13.1. The number of ether oxygens (including phenoxy) is 10. The van der Waals surface area contributed by atoms with E-state index in [-0.39, 0.29) is 39.5 Å². The second kappa shape index (κ2) is 25.3. The molecule has 0 bridgehead atoms. The molecule has 15 N–H and O–H groups in total. The number of carbonyl (C=O) groups is 2. The van der Waals surface area contributed by atoms with E-state index in [4.69, 9.17) is 51.8 Å². The Morgan fingerprint density at radius 1 is 0.531 bits per heavy atom. The molecule has 436 valence electrons. The van der Waals surface area contributed by atoms with Crippen molar-refractivity contribution in [1.29, 1.82) is 0 Å². The first-order chi connectivity index (χ1) is 38.6. The molecule has 15 unspecified atom stereocenters. The van der Waals surface area contributed by atoms with Crippen LogP contribution in [-0.2, 0) is 38.0 Å². The number of aliphatic hydroxyl groups excluding tert-OH is 9. The van der Waals surface area contributed by atoms with E-state index >= 15 is 0 Å². The van der Waals surface area contributed by atoms with Gasteiger partial charge in [-0.1, -0.05) is 12.1 Å². The molecule has 8 rings (SSSR count). The number of phenolic OH excluding ortho intramolecular Hbond substituents is 6. The number of aliphatic hydroxyl groups is 9. The summed E-state index contributed by atoms with van der Waals surface area (Å²) in [7, 11) is 2.63. The first kappa shape index (κ1) is 59.3. The predicted octanol–water partition coefficient (Wildman–Crippen LogP) is -0.658.